The zero-order chi connectivity index (χ0) is 24.4. The molecule has 0 bridgehead atoms. The van der Waals surface area contributed by atoms with Gasteiger partial charge in [0.2, 0.25) is 5.91 Å². The fraction of sp³-hybridized carbons (Fsp3) is 0.267. The molecule has 3 aliphatic heterocycles. The van der Waals surface area contributed by atoms with Crippen LogP contribution < -0.4 is 4.90 Å². The highest BCUT2D eigenvalue weighted by atomic mass is 16.2. The van der Waals surface area contributed by atoms with E-state index in [9.17, 15) is 9.59 Å². The van der Waals surface area contributed by atoms with Crippen molar-refractivity contribution in [3.05, 3.63) is 101 Å². The second-order valence-electron chi connectivity index (χ2n) is 10.1. The molecule has 0 saturated heterocycles. The fourth-order valence-corrected chi connectivity index (χ4v) is 6.42. The maximum Gasteiger partial charge on any atom is 0.257 e. The Morgan fingerprint density at radius 2 is 1.64 bits per heavy atom. The van der Waals surface area contributed by atoms with E-state index in [-0.39, 0.29) is 24.5 Å². The molecular weight excluding hydrogens is 448 g/mol. The zero-order valence-corrected chi connectivity index (χ0v) is 20.4. The first-order valence-corrected chi connectivity index (χ1v) is 12.7. The summed E-state index contributed by atoms with van der Waals surface area (Å²) in [6.45, 7) is 2.32. The van der Waals surface area contributed by atoms with Gasteiger partial charge in [0.15, 0.2) is 0 Å². The second kappa shape index (κ2) is 7.98. The second-order valence-corrected chi connectivity index (χ2v) is 10.1. The molecule has 1 aromatic heterocycles. The number of hydrogen-bond acceptors (Lipinski definition) is 3. The molecule has 2 amide bonds. The maximum atomic E-state index is 13.7. The maximum absolute atomic E-state index is 13.7. The topological polar surface area (TPSA) is 48.8 Å². The summed E-state index contributed by atoms with van der Waals surface area (Å²) in [7, 11) is 2.06. The van der Waals surface area contributed by atoms with Crippen molar-refractivity contribution < 1.29 is 9.59 Å². The minimum absolute atomic E-state index is 0.0649. The molecule has 180 valence electrons. The predicted molar refractivity (Wildman–Crippen MR) is 140 cm³/mol. The Kier molecular flexibility index (Phi) is 4.71. The van der Waals surface area contributed by atoms with E-state index < -0.39 is 0 Å². The summed E-state index contributed by atoms with van der Waals surface area (Å²) in [6.07, 6.45) is 1.43. The van der Waals surface area contributed by atoms with Crippen LogP contribution in [-0.4, -0.2) is 46.3 Å². The number of hydrogen-bond donors (Lipinski definition) is 0. The van der Waals surface area contributed by atoms with Crippen molar-refractivity contribution >= 4 is 28.4 Å². The van der Waals surface area contributed by atoms with Crippen molar-refractivity contribution in [3.8, 4) is 0 Å². The molecular formula is C30H28N4O2. The van der Waals surface area contributed by atoms with Gasteiger partial charge in [0.25, 0.3) is 5.91 Å². The van der Waals surface area contributed by atoms with E-state index in [0.29, 0.717) is 13.1 Å². The number of anilines is 1. The normalized spacial score (nSPS) is 18.5. The molecule has 1 unspecified atom stereocenters. The Balaban J connectivity index is 1.32. The van der Waals surface area contributed by atoms with Crippen LogP contribution in [0.25, 0.3) is 10.9 Å². The van der Waals surface area contributed by atoms with E-state index in [1.54, 1.807) is 0 Å². The SMILES string of the molecule is CN1c2ccccc2C(=O)N2CCc3c(n(CC(=O)N4CCc5ccccc5C4)c4ccccc34)C21. The number of aromatic nitrogens is 1. The van der Waals surface area contributed by atoms with Crippen LogP contribution in [0, 0.1) is 0 Å². The van der Waals surface area contributed by atoms with Crippen LogP contribution in [0.1, 0.15) is 38.9 Å². The van der Waals surface area contributed by atoms with Gasteiger partial charge in [-0.1, -0.05) is 54.6 Å². The van der Waals surface area contributed by atoms with Crippen molar-refractivity contribution in [2.24, 2.45) is 0 Å². The van der Waals surface area contributed by atoms with Crippen molar-refractivity contribution in [2.45, 2.75) is 32.1 Å². The number of amides is 2. The van der Waals surface area contributed by atoms with E-state index in [1.165, 1.54) is 22.1 Å². The molecule has 0 N–H and O–H groups in total. The molecule has 36 heavy (non-hydrogen) atoms. The molecule has 4 heterocycles. The van der Waals surface area contributed by atoms with Crippen molar-refractivity contribution in [2.75, 3.05) is 25.0 Å². The molecule has 3 aromatic carbocycles. The van der Waals surface area contributed by atoms with Crippen LogP contribution in [0.3, 0.4) is 0 Å². The van der Waals surface area contributed by atoms with Crippen LogP contribution >= 0.6 is 0 Å². The van der Waals surface area contributed by atoms with E-state index >= 15 is 0 Å². The fourth-order valence-electron chi connectivity index (χ4n) is 6.42. The van der Waals surface area contributed by atoms with Crippen LogP contribution in [-0.2, 0) is 30.7 Å². The quantitative estimate of drug-likeness (QED) is 0.432. The highest BCUT2D eigenvalue weighted by molar-refractivity contribution is 6.02. The summed E-state index contributed by atoms with van der Waals surface area (Å²) in [5.41, 5.74) is 7.63. The zero-order valence-electron chi connectivity index (χ0n) is 20.4. The Labute approximate surface area is 210 Å². The Morgan fingerprint density at radius 1 is 0.889 bits per heavy atom. The minimum atomic E-state index is -0.238. The van der Waals surface area contributed by atoms with Gasteiger partial charge < -0.3 is 19.3 Å². The minimum Gasteiger partial charge on any atom is -0.349 e. The Bertz CT molecular complexity index is 1540. The van der Waals surface area contributed by atoms with Crippen LogP contribution in [0.5, 0.6) is 0 Å². The van der Waals surface area contributed by atoms with Crippen molar-refractivity contribution in [1.29, 1.82) is 0 Å². The number of carbonyl (C=O) groups excluding carboxylic acids is 2. The molecule has 0 fully saturated rings. The van der Waals surface area contributed by atoms with Crippen molar-refractivity contribution in [1.82, 2.24) is 14.4 Å². The third-order valence-electron chi connectivity index (χ3n) is 8.18. The van der Waals surface area contributed by atoms with Gasteiger partial charge in [0, 0.05) is 37.6 Å². The molecule has 6 nitrogen and oxygen atoms in total. The van der Waals surface area contributed by atoms with E-state index in [1.807, 2.05) is 46.2 Å². The lowest BCUT2D eigenvalue weighted by molar-refractivity contribution is -0.132. The van der Waals surface area contributed by atoms with Gasteiger partial charge >= 0.3 is 0 Å². The van der Waals surface area contributed by atoms with E-state index in [4.69, 9.17) is 0 Å². The molecule has 6 heteroatoms. The summed E-state index contributed by atoms with van der Waals surface area (Å²) in [5, 5.41) is 1.18. The number of nitrogens with zero attached hydrogens (tertiary/aromatic N) is 4. The standard InChI is InChI=1S/C30H28N4O2/c1-31-25-12-6-5-11-24(25)30(36)33-17-15-23-22-10-4-7-13-26(22)34(28(23)29(31)33)19-27(35)32-16-14-20-8-2-3-9-21(20)18-32/h2-13,29H,14-19H2,1H3. The lowest BCUT2D eigenvalue weighted by atomic mass is 9.96. The number of para-hydroxylation sites is 2. The van der Waals surface area contributed by atoms with Crippen LogP contribution in [0.2, 0.25) is 0 Å². The smallest absolute Gasteiger partial charge is 0.257 e. The lowest BCUT2D eigenvalue weighted by Crippen LogP contribution is -2.51. The lowest BCUT2D eigenvalue weighted by Gasteiger charge is -2.46. The van der Waals surface area contributed by atoms with Gasteiger partial charge in [-0.25, -0.2) is 0 Å². The third-order valence-corrected chi connectivity index (χ3v) is 8.18. The first-order chi connectivity index (χ1) is 17.6. The third kappa shape index (κ3) is 3.03. The number of fused-ring (bicyclic) bond motifs is 7. The summed E-state index contributed by atoms with van der Waals surface area (Å²) in [5.74, 6) is 0.186. The largest absolute Gasteiger partial charge is 0.349 e. The van der Waals surface area contributed by atoms with Crippen LogP contribution in [0.4, 0.5) is 5.69 Å². The van der Waals surface area contributed by atoms with E-state index in [2.05, 4.69) is 52.9 Å². The molecule has 0 radical (unpaired) electrons. The van der Waals surface area contributed by atoms with Gasteiger partial charge in [0.05, 0.1) is 16.9 Å². The molecule has 0 aliphatic carbocycles. The molecule has 7 rings (SSSR count). The molecule has 4 aromatic rings. The molecule has 3 aliphatic rings. The van der Waals surface area contributed by atoms with Gasteiger partial charge in [0.1, 0.15) is 12.7 Å². The molecule has 0 spiro atoms. The van der Waals surface area contributed by atoms with Crippen molar-refractivity contribution in [3.63, 3.8) is 0 Å². The Morgan fingerprint density at radius 3 is 2.53 bits per heavy atom. The summed E-state index contributed by atoms with van der Waals surface area (Å²) >= 11 is 0. The highest BCUT2D eigenvalue weighted by Gasteiger charge is 2.43. The first-order valence-electron chi connectivity index (χ1n) is 12.7. The van der Waals surface area contributed by atoms with E-state index in [0.717, 1.165) is 41.8 Å². The average molecular weight is 477 g/mol. The molecule has 0 saturated carbocycles. The predicted octanol–water partition coefficient (Wildman–Crippen LogP) is 4.37. The molecule has 1 atom stereocenters. The number of benzene rings is 3. The Hall–Kier alpha value is -4.06. The summed E-state index contributed by atoms with van der Waals surface area (Å²) < 4.78 is 2.18. The number of carbonyl (C=O) groups is 2. The average Bonchev–Trinajstić information content (AvgIpc) is 3.24. The monoisotopic (exact) mass is 476 g/mol. The van der Waals surface area contributed by atoms with Gasteiger partial charge in [-0.2, -0.15) is 0 Å². The highest BCUT2D eigenvalue weighted by Crippen LogP contribution is 2.44. The van der Waals surface area contributed by atoms with Crippen LogP contribution in [0.15, 0.2) is 72.8 Å². The van der Waals surface area contributed by atoms with Gasteiger partial charge in [-0.3, -0.25) is 9.59 Å². The van der Waals surface area contributed by atoms with Gasteiger partial charge in [-0.15, -0.1) is 0 Å². The van der Waals surface area contributed by atoms with Gasteiger partial charge in [-0.05, 0) is 47.7 Å². The summed E-state index contributed by atoms with van der Waals surface area (Å²) in [4.78, 5) is 33.4. The summed E-state index contributed by atoms with van der Waals surface area (Å²) in [6, 6.07) is 24.6. The number of rotatable bonds is 2. The first kappa shape index (κ1) is 21.2.